The number of amides is 2. The zero-order chi connectivity index (χ0) is 16.8. The number of carbonyl (C=O) groups is 1. The van der Waals surface area contributed by atoms with Crippen LogP contribution in [0.5, 0.6) is 5.75 Å². The summed E-state index contributed by atoms with van der Waals surface area (Å²) in [6, 6.07) is 18.4. The van der Waals surface area contributed by atoms with Crippen LogP contribution in [-0.4, -0.2) is 31.1 Å². The van der Waals surface area contributed by atoms with E-state index < -0.39 is 0 Å². The smallest absolute Gasteiger partial charge is 0.317 e. The maximum absolute atomic E-state index is 12.5. The largest absolute Gasteiger partial charge is 0.497 e. The van der Waals surface area contributed by atoms with Gasteiger partial charge in [0, 0.05) is 13.1 Å². The number of hydrogen-bond acceptors (Lipinski definition) is 2. The first-order valence-corrected chi connectivity index (χ1v) is 8.50. The van der Waals surface area contributed by atoms with Crippen molar-refractivity contribution in [2.24, 2.45) is 0 Å². The molecule has 126 valence electrons. The number of ether oxygens (including phenoxy) is 1. The van der Waals surface area contributed by atoms with Crippen molar-refractivity contribution in [1.82, 2.24) is 10.2 Å². The van der Waals surface area contributed by atoms with Crippen molar-refractivity contribution in [3.8, 4) is 5.75 Å². The van der Waals surface area contributed by atoms with Gasteiger partial charge in [-0.15, -0.1) is 0 Å². The molecular formula is C20H24N2O2. The second-order valence-electron chi connectivity index (χ2n) is 6.09. The molecule has 4 heteroatoms. The van der Waals surface area contributed by atoms with Gasteiger partial charge >= 0.3 is 6.03 Å². The van der Waals surface area contributed by atoms with E-state index in [1.807, 2.05) is 35.2 Å². The molecule has 1 atom stereocenters. The fraction of sp³-hybridized carbons (Fsp3) is 0.350. The van der Waals surface area contributed by atoms with E-state index in [1.165, 1.54) is 11.1 Å². The Labute approximate surface area is 143 Å². The van der Waals surface area contributed by atoms with E-state index in [2.05, 4.69) is 29.6 Å². The van der Waals surface area contributed by atoms with E-state index in [9.17, 15) is 4.79 Å². The lowest BCUT2D eigenvalue weighted by Gasteiger charge is -2.25. The second kappa shape index (κ2) is 7.86. The predicted octanol–water partition coefficient (Wildman–Crippen LogP) is 3.78. The first-order chi connectivity index (χ1) is 11.8. The molecule has 2 aromatic rings. The minimum absolute atomic E-state index is 0.0317. The van der Waals surface area contributed by atoms with E-state index >= 15 is 0 Å². The highest BCUT2D eigenvalue weighted by Crippen LogP contribution is 2.32. The fourth-order valence-electron chi connectivity index (χ4n) is 3.24. The van der Waals surface area contributed by atoms with E-state index in [-0.39, 0.29) is 12.1 Å². The van der Waals surface area contributed by atoms with Crippen molar-refractivity contribution in [3.05, 3.63) is 65.7 Å². The summed E-state index contributed by atoms with van der Waals surface area (Å²) in [6.45, 7) is 1.47. The van der Waals surface area contributed by atoms with E-state index in [0.717, 1.165) is 31.6 Å². The molecule has 1 aliphatic heterocycles. The molecular weight excluding hydrogens is 300 g/mol. The van der Waals surface area contributed by atoms with Gasteiger partial charge in [-0.1, -0.05) is 42.5 Å². The molecule has 0 saturated carbocycles. The highest BCUT2D eigenvalue weighted by molar-refractivity contribution is 5.75. The number of likely N-dealkylation sites (tertiary alicyclic amines) is 1. The lowest BCUT2D eigenvalue weighted by Crippen LogP contribution is -2.40. The summed E-state index contributed by atoms with van der Waals surface area (Å²) in [7, 11) is 1.66. The number of hydrogen-bond donors (Lipinski definition) is 1. The maximum atomic E-state index is 12.5. The van der Waals surface area contributed by atoms with Crippen molar-refractivity contribution in [2.45, 2.75) is 25.3 Å². The van der Waals surface area contributed by atoms with Crippen molar-refractivity contribution < 1.29 is 9.53 Å². The first-order valence-electron chi connectivity index (χ1n) is 8.50. The molecule has 0 aromatic heterocycles. The van der Waals surface area contributed by atoms with Gasteiger partial charge in [0.2, 0.25) is 0 Å². The average molecular weight is 324 g/mol. The summed E-state index contributed by atoms with van der Waals surface area (Å²) < 4.78 is 5.21. The van der Waals surface area contributed by atoms with E-state index in [4.69, 9.17) is 4.74 Å². The lowest BCUT2D eigenvalue weighted by molar-refractivity contribution is 0.193. The van der Waals surface area contributed by atoms with Crippen molar-refractivity contribution in [1.29, 1.82) is 0 Å². The third-order valence-electron chi connectivity index (χ3n) is 4.55. The van der Waals surface area contributed by atoms with Crippen LogP contribution in [0.15, 0.2) is 54.6 Å². The number of urea groups is 1. The highest BCUT2D eigenvalue weighted by atomic mass is 16.5. The number of nitrogens with zero attached hydrogens (tertiary/aromatic N) is 1. The molecule has 24 heavy (non-hydrogen) atoms. The Kier molecular flexibility index (Phi) is 5.36. The van der Waals surface area contributed by atoms with Gasteiger partial charge in [-0.25, -0.2) is 4.79 Å². The zero-order valence-corrected chi connectivity index (χ0v) is 14.1. The van der Waals surface area contributed by atoms with Gasteiger partial charge < -0.3 is 15.0 Å². The van der Waals surface area contributed by atoms with E-state index in [1.54, 1.807) is 7.11 Å². The number of rotatable bonds is 5. The van der Waals surface area contributed by atoms with Crippen LogP contribution in [0, 0.1) is 0 Å². The minimum atomic E-state index is 0.0317. The van der Waals surface area contributed by atoms with Gasteiger partial charge in [-0.3, -0.25) is 0 Å². The monoisotopic (exact) mass is 324 g/mol. The number of carbonyl (C=O) groups excluding carboxylic acids is 1. The Bertz CT molecular complexity index is 655. The molecule has 0 bridgehead atoms. The summed E-state index contributed by atoms with van der Waals surface area (Å²) >= 11 is 0. The molecule has 3 rings (SSSR count). The van der Waals surface area contributed by atoms with Crippen LogP contribution in [0.3, 0.4) is 0 Å². The molecule has 1 aliphatic rings. The van der Waals surface area contributed by atoms with E-state index in [0.29, 0.717) is 6.54 Å². The van der Waals surface area contributed by atoms with Crippen LogP contribution in [0.4, 0.5) is 4.79 Å². The number of methoxy groups -OCH3 is 1. The molecule has 4 nitrogen and oxygen atoms in total. The van der Waals surface area contributed by atoms with Crippen LogP contribution in [0.2, 0.25) is 0 Å². The predicted molar refractivity (Wildman–Crippen MR) is 95.2 cm³/mol. The van der Waals surface area contributed by atoms with Crippen LogP contribution in [-0.2, 0) is 6.42 Å². The lowest BCUT2D eigenvalue weighted by atomic mass is 10.0. The standard InChI is InChI=1S/C20H24N2O2/c1-24-18-11-9-17(10-12-18)19-8-5-15-22(19)20(23)21-14-13-16-6-3-2-4-7-16/h2-4,6-7,9-12,19H,5,8,13-15H2,1H3,(H,21,23)/t19-/m1/s1. The highest BCUT2D eigenvalue weighted by Gasteiger charge is 2.29. The molecule has 0 unspecified atom stereocenters. The van der Waals surface area contributed by atoms with Gasteiger partial charge in [0.05, 0.1) is 13.2 Å². The fourth-order valence-corrected chi connectivity index (χ4v) is 3.24. The summed E-state index contributed by atoms with van der Waals surface area (Å²) in [5, 5.41) is 3.06. The molecule has 0 aliphatic carbocycles. The van der Waals surface area contributed by atoms with Gasteiger partial charge in [0.25, 0.3) is 0 Å². The molecule has 1 heterocycles. The van der Waals surface area contributed by atoms with Crippen LogP contribution < -0.4 is 10.1 Å². The molecule has 2 amide bonds. The van der Waals surface area contributed by atoms with Crippen molar-refractivity contribution in [3.63, 3.8) is 0 Å². The molecule has 0 spiro atoms. The summed E-state index contributed by atoms with van der Waals surface area (Å²) in [4.78, 5) is 14.5. The maximum Gasteiger partial charge on any atom is 0.317 e. The Balaban J connectivity index is 1.56. The Morgan fingerprint density at radius 2 is 1.92 bits per heavy atom. The second-order valence-corrected chi connectivity index (χ2v) is 6.09. The number of nitrogens with one attached hydrogen (secondary N) is 1. The third kappa shape index (κ3) is 3.88. The summed E-state index contributed by atoms with van der Waals surface area (Å²) in [5.41, 5.74) is 2.41. The summed E-state index contributed by atoms with van der Waals surface area (Å²) in [5.74, 6) is 0.843. The van der Waals surface area contributed by atoms with Crippen LogP contribution in [0.25, 0.3) is 0 Å². The Hall–Kier alpha value is -2.49. The molecule has 1 N–H and O–H groups in total. The quantitative estimate of drug-likeness (QED) is 0.909. The first kappa shape index (κ1) is 16.4. The van der Waals surface area contributed by atoms with Crippen LogP contribution >= 0.6 is 0 Å². The molecule has 1 saturated heterocycles. The summed E-state index contributed by atoms with van der Waals surface area (Å²) in [6.07, 6.45) is 2.91. The average Bonchev–Trinajstić information content (AvgIpc) is 3.12. The molecule has 1 fully saturated rings. The van der Waals surface area contributed by atoms with Gasteiger partial charge in [0.1, 0.15) is 5.75 Å². The third-order valence-corrected chi connectivity index (χ3v) is 4.55. The van der Waals surface area contributed by atoms with Crippen molar-refractivity contribution >= 4 is 6.03 Å². The van der Waals surface area contributed by atoms with Crippen molar-refractivity contribution in [2.75, 3.05) is 20.2 Å². The number of benzene rings is 2. The SMILES string of the molecule is COc1ccc([C@H]2CCCN2C(=O)NCCc2ccccc2)cc1. The molecule has 2 aromatic carbocycles. The van der Waals surface area contributed by atoms with Gasteiger partial charge in [0.15, 0.2) is 0 Å². The molecule has 0 radical (unpaired) electrons. The van der Waals surface area contributed by atoms with Gasteiger partial charge in [-0.2, -0.15) is 0 Å². The van der Waals surface area contributed by atoms with Crippen LogP contribution in [0.1, 0.15) is 30.0 Å². The zero-order valence-electron chi connectivity index (χ0n) is 14.1. The normalized spacial score (nSPS) is 16.9. The topological polar surface area (TPSA) is 41.6 Å². The Morgan fingerprint density at radius 3 is 2.62 bits per heavy atom. The Morgan fingerprint density at radius 1 is 1.17 bits per heavy atom. The minimum Gasteiger partial charge on any atom is -0.497 e. The van der Waals surface area contributed by atoms with Gasteiger partial charge in [-0.05, 0) is 42.5 Å².